The van der Waals surface area contributed by atoms with E-state index >= 15 is 0 Å². The van der Waals surface area contributed by atoms with Crippen LogP contribution in [0, 0.1) is 0 Å². The summed E-state index contributed by atoms with van der Waals surface area (Å²) >= 11 is 6.22. The summed E-state index contributed by atoms with van der Waals surface area (Å²) in [6.45, 7) is 1.53. The minimum Gasteiger partial charge on any atom is -0.489 e. The maximum atomic E-state index is 6.22. The normalized spacial score (nSPS) is 14.2. The topological polar surface area (TPSA) is 70.5 Å². The van der Waals surface area contributed by atoms with E-state index in [0.29, 0.717) is 47.7 Å². The van der Waals surface area contributed by atoms with Gasteiger partial charge >= 0.3 is 0 Å². The summed E-state index contributed by atoms with van der Waals surface area (Å²) in [5, 5.41) is 4.47. The Morgan fingerprint density at radius 2 is 2.05 bits per heavy atom. The zero-order chi connectivity index (χ0) is 13.2. The van der Waals surface area contributed by atoms with Crippen molar-refractivity contribution in [3.63, 3.8) is 0 Å². The van der Waals surface area contributed by atoms with Gasteiger partial charge in [0.1, 0.15) is 5.69 Å². The van der Waals surface area contributed by atoms with Gasteiger partial charge in [0.2, 0.25) is 0 Å². The van der Waals surface area contributed by atoms with E-state index < -0.39 is 0 Å². The van der Waals surface area contributed by atoms with Gasteiger partial charge < -0.3 is 19.7 Å². The quantitative estimate of drug-likeness (QED) is 0.915. The zero-order valence-electron chi connectivity index (χ0n) is 10.2. The fraction of sp³-hybridized carbons (Fsp3) is 0.308. The molecule has 0 unspecified atom stereocenters. The van der Waals surface area contributed by atoms with Gasteiger partial charge in [0.25, 0.3) is 0 Å². The summed E-state index contributed by atoms with van der Waals surface area (Å²) in [4.78, 5) is 0. The Morgan fingerprint density at radius 1 is 1.21 bits per heavy atom. The lowest BCUT2D eigenvalue weighted by molar-refractivity contribution is 0.297. The summed E-state index contributed by atoms with van der Waals surface area (Å²) in [5.41, 5.74) is 6.99. The number of nitrogens with zero attached hydrogens (tertiary/aromatic N) is 1. The number of halogens is 1. The third kappa shape index (κ3) is 2.39. The van der Waals surface area contributed by atoms with Crippen LogP contribution in [0.2, 0.25) is 5.02 Å². The highest BCUT2D eigenvalue weighted by Gasteiger charge is 2.17. The number of fused-ring (bicyclic) bond motifs is 1. The van der Waals surface area contributed by atoms with E-state index in [-0.39, 0.29) is 0 Å². The first-order valence-corrected chi connectivity index (χ1v) is 6.41. The van der Waals surface area contributed by atoms with Crippen LogP contribution in [0.1, 0.15) is 12.2 Å². The van der Waals surface area contributed by atoms with Crippen LogP contribution in [0.4, 0.5) is 0 Å². The number of hydrogen-bond acceptors (Lipinski definition) is 5. The lowest BCUT2D eigenvalue weighted by Crippen LogP contribution is -1.97. The van der Waals surface area contributed by atoms with Crippen molar-refractivity contribution in [1.82, 2.24) is 5.16 Å². The van der Waals surface area contributed by atoms with Crippen molar-refractivity contribution < 1.29 is 14.0 Å². The molecule has 0 bridgehead atoms. The Bertz CT molecular complexity index is 598. The van der Waals surface area contributed by atoms with E-state index in [1.807, 2.05) is 6.07 Å². The fourth-order valence-electron chi connectivity index (χ4n) is 1.92. The van der Waals surface area contributed by atoms with Gasteiger partial charge in [-0.1, -0.05) is 16.8 Å². The molecular weight excluding hydrogens is 268 g/mol. The van der Waals surface area contributed by atoms with Crippen molar-refractivity contribution in [3.8, 4) is 22.8 Å². The summed E-state index contributed by atoms with van der Waals surface area (Å²) in [6, 6.07) is 5.42. The van der Waals surface area contributed by atoms with E-state index in [2.05, 4.69) is 5.16 Å². The molecule has 0 spiro atoms. The van der Waals surface area contributed by atoms with Crippen LogP contribution >= 0.6 is 11.6 Å². The maximum Gasteiger partial charge on any atom is 0.179 e. The van der Waals surface area contributed by atoms with Gasteiger partial charge in [0, 0.05) is 18.1 Å². The predicted octanol–water partition coefficient (Wildman–Crippen LogP) is 2.62. The maximum absolute atomic E-state index is 6.22. The van der Waals surface area contributed by atoms with E-state index in [0.717, 1.165) is 12.0 Å². The number of aromatic nitrogens is 1. The van der Waals surface area contributed by atoms with E-state index in [1.54, 1.807) is 12.1 Å². The van der Waals surface area contributed by atoms with E-state index in [9.17, 15) is 0 Å². The molecule has 100 valence electrons. The lowest BCUT2D eigenvalue weighted by atomic mass is 10.1. The van der Waals surface area contributed by atoms with Gasteiger partial charge in [-0.25, -0.2) is 0 Å². The monoisotopic (exact) mass is 280 g/mol. The van der Waals surface area contributed by atoms with Crippen LogP contribution in [0.3, 0.4) is 0 Å². The Balaban J connectivity index is 2.03. The van der Waals surface area contributed by atoms with Crippen LogP contribution in [-0.4, -0.2) is 18.4 Å². The summed E-state index contributed by atoms with van der Waals surface area (Å²) in [7, 11) is 0. The highest BCUT2D eigenvalue weighted by atomic mass is 35.5. The van der Waals surface area contributed by atoms with Crippen LogP contribution in [0.25, 0.3) is 11.3 Å². The molecule has 0 saturated heterocycles. The predicted molar refractivity (Wildman–Crippen MR) is 70.4 cm³/mol. The minimum absolute atomic E-state index is 0.311. The average Bonchev–Trinajstić information content (AvgIpc) is 2.77. The number of ether oxygens (including phenoxy) is 2. The minimum atomic E-state index is 0.311. The van der Waals surface area contributed by atoms with Crippen molar-refractivity contribution in [2.45, 2.75) is 13.0 Å². The molecular formula is C13H13ClN2O3. The molecule has 1 aromatic carbocycles. The first-order valence-electron chi connectivity index (χ1n) is 6.03. The summed E-state index contributed by atoms with van der Waals surface area (Å²) < 4.78 is 16.3. The van der Waals surface area contributed by atoms with E-state index in [1.165, 1.54) is 0 Å². The first kappa shape index (κ1) is 12.3. The third-order valence-electron chi connectivity index (χ3n) is 2.86. The third-order valence-corrected chi connectivity index (χ3v) is 3.14. The fourth-order valence-corrected chi connectivity index (χ4v) is 2.19. The molecule has 3 rings (SSSR count). The van der Waals surface area contributed by atoms with Crippen LogP contribution in [0.5, 0.6) is 11.5 Å². The molecule has 0 aliphatic carbocycles. The average molecular weight is 281 g/mol. The first-order chi connectivity index (χ1) is 9.28. The molecule has 0 saturated carbocycles. The second-order valence-corrected chi connectivity index (χ2v) is 4.63. The Kier molecular flexibility index (Phi) is 3.31. The van der Waals surface area contributed by atoms with Gasteiger partial charge in [-0.05, 0) is 12.1 Å². The van der Waals surface area contributed by atoms with Gasteiger partial charge in [-0.15, -0.1) is 0 Å². The molecule has 0 amide bonds. The number of hydrogen-bond donors (Lipinski definition) is 1. The van der Waals surface area contributed by atoms with Crippen molar-refractivity contribution in [3.05, 3.63) is 29.0 Å². The van der Waals surface area contributed by atoms with Crippen molar-refractivity contribution in [1.29, 1.82) is 0 Å². The highest BCUT2D eigenvalue weighted by molar-refractivity contribution is 6.32. The molecule has 2 N–H and O–H groups in total. The standard InChI is InChI=1S/C13H13ClN2O3/c14-10-4-8(11-6-9(7-15)19-16-11)5-12-13(10)18-3-1-2-17-12/h4-6H,1-3,7,15H2. The van der Waals surface area contributed by atoms with Gasteiger partial charge in [-0.3, -0.25) is 0 Å². The van der Waals surface area contributed by atoms with Crippen molar-refractivity contribution >= 4 is 11.6 Å². The lowest BCUT2D eigenvalue weighted by Gasteiger charge is -2.10. The Morgan fingerprint density at radius 3 is 2.84 bits per heavy atom. The SMILES string of the molecule is NCc1cc(-c2cc(Cl)c3c(c2)OCCCO3)no1. The second kappa shape index (κ2) is 5.11. The van der Waals surface area contributed by atoms with Gasteiger partial charge in [-0.2, -0.15) is 0 Å². The molecule has 1 aliphatic rings. The molecule has 0 fully saturated rings. The summed E-state index contributed by atoms with van der Waals surface area (Å²) in [6.07, 6.45) is 0.835. The molecule has 2 aromatic rings. The zero-order valence-corrected chi connectivity index (χ0v) is 10.9. The van der Waals surface area contributed by atoms with Crippen molar-refractivity contribution in [2.75, 3.05) is 13.2 Å². The van der Waals surface area contributed by atoms with Crippen molar-refractivity contribution in [2.24, 2.45) is 5.73 Å². The van der Waals surface area contributed by atoms with E-state index in [4.69, 9.17) is 31.3 Å². The van der Waals surface area contributed by atoms with Crippen LogP contribution < -0.4 is 15.2 Å². The smallest absolute Gasteiger partial charge is 0.179 e. The van der Waals surface area contributed by atoms with Crippen LogP contribution in [0.15, 0.2) is 22.7 Å². The molecule has 2 heterocycles. The Labute approximate surface area is 115 Å². The molecule has 1 aromatic heterocycles. The molecule has 0 radical (unpaired) electrons. The molecule has 6 heteroatoms. The largest absolute Gasteiger partial charge is 0.489 e. The number of benzene rings is 1. The summed E-state index contributed by atoms with van der Waals surface area (Å²) in [5.74, 6) is 1.85. The van der Waals surface area contributed by atoms with Gasteiger partial charge in [0.15, 0.2) is 17.3 Å². The second-order valence-electron chi connectivity index (χ2n) is 4.22. The number of rotatable bonds is 2. The molecule has 0 atom stereocenters. The number of nitrogens with two attached hydrogens (primary N) is 1. The van der Waals surface area contributed by atoms with Gasteiger partial charge in [0.05, 0.1) is 24.8 Å². The molecule has 5 nitrogen and oxygen atoms in total. The molecule has 19 heavy (non-hydrogen) atoms. The highest BCUT2D eigenvalue weighted by Crippen LogP contribution is 2.40. The Hall–Kier alpha value is -1.72. The molecule has 1 aliphatic heterocycles. The van der Waals surface area contributed by atoms with Crippen LogP contribution in [-0.2, 0) is 6.54 Å².